The summed E-state index contributed by atoms with van der Waals surface area (Å²) in [7, 11) is 0. The van der Waals surface area contributed by atoms with Crippen LogP contribution in [0.4, 0.5) is 51.2 Å². The fraction of sp³-hybridized carbons (Fsp3) is 0. The molecule has 4 nitrogen and oxygen atoms in total. The third kappa shape index (κ3) is 6.09. The van der Waals surface area contributed by atoms with Gasteiger partial charge in [0.1, 0.15) is 11.2 Å². The Hall–Kier alpha value is -7.56. The van der Waals surface area contributed by atoms with Crippen molar-refractivity contribution >= 4 is 83.9 Å². The van der Waals surface area contributed by atoms with E-state index in [0.717, 1.165) is 73.1 Å². The van der Waals surface area contributed by atoms with Crippen molar-refractivity contribution in [2.24, 2.45) is 0 Å². The van der Waals surface area contributed by atoms with Crippen LogP contribution in [0.2, 0.25) is 0 Å². The number of hydrogen-bond donors (Lipinski definition) is 0. The fourth-order valence-corrected chi connectivity index (χ4v) is 7.83. The molecule has 0 radical (unpaired) electrons. The molecule has 0 amide bonds. The molecule has 1 heterocycles. The molecule has 56 heavy (non-hydrogen) atoms. The van der Waals surface area contributed by atoms with Gasteiger partial charge >= 0.3 is 0 Å². The Bertz CT molecular complexity index is 2830. The second-order valence-corrected chi connectivity index (χ2v) is 13.8. The van der Waals surface area contributed by atoms with Crippen molar-refractivity contribution in [3.05, 3.63) is 224 Å². The number of rotatable bonds is 9. The normalized spacial score (nSPS) is 11.2. The Balaban J connectivity index is 1.26. The molecule has 0 atom stereocenters. The zero-order valence-electron chi connectivity index (χ0n) is 30.6. The summed E-state index contributed by atoms with van der Waals surface area (Å²) in [5.74, 6) is 0. The molecule has 0 fully saturated rings. The molecular formula is C52H37N3O. The number of hydrogen-bond acceptors (Lipinski definition) is 4. The summed E-state index contributed by atoms with van der Waals surface area (Å²) in [6.45, 7) is 0. The van der Waals surface area contributed by atoms with Crippen LogP contribution in [0.3, 0.4) is 0 Å². The summed E-state index contributed by atoms with van der Waals surface area (Å²) in [5, 5.41) is 4.46. The van der Waals surface area contributed by atoms with E-state index in [1.54, 1.807) is 0 Å². The molecule has 10 aromatic rings. The summed E-state index contributed by atoms with van der Waals surface area (Å²) < 4.78 is 7.03. The van der Waals surface area contributed by atoms with E-state index in [9.17, 15) is 0 Å². The zero-order valence-corrected chi connectivity index (χ0v) is 30.6. The summed E-state index contributed by atoms with van der Waals surface area (Å²) in [4.78, 5) is 6.95. The molecule has 0 saturated carbocycles. The van der Waals surface area contributed by atoms with Gasteiger partial charge in [0.25, 0.3) is 0 Å². The second kappa shape index (κ2) is 14.3. The molecule has 0 bridgehead atoms. The van der Waals surface area contributed by atoms with Gasteiger partial charge in [-0.1, -0.05) is 121 Å². The predicted molar refractivity (Wildman–Crippen MR) is 235 cm³/mol. The van der Waals surface area contributed by atoms with Gasteiger partial charge in [0.2, 0.25) is 0 Å². The molecule has 0 saturated heterocycles. The molecule has 0 unspecified atom stereocenters. The van der Waals surface area contributed by atoms with Crippen LogP contribution in [0, 0.1) is 0 Å². The standard InChI is InChI=1S/C52H37N3O/c1-6-20-40(21-7-1)53(41-22-8-2-9-23-41)46-32-33-48-50(36-46)56-51-37-47(54(42-24-10-3-11-25-42)43-26-12-4-13-27-43)35-49(52(48)51)55(44-28-14-5-15-29-44)45-31-30-38-18-16-17-19-39(38)34-45/h1-37H. The van der Waals surface area contributed by atoms with Gasteiger partial charge in [-0.25, -0.2) is 0 Å². The maximum Gasteiger partial charge on any atom is 0.139 e. The third-order valence-corrected chi connectivity index (χ3v) is 10.3. The first-order valence-electron chi connectivity index (χ1n) is 18.9. The van der Waals surface area contributed by atoms with E-state index >= 15 is 0 Å². The Morgan fingerprint density at radius 1 is 0.268 bits per heavy atom. The molecule has 9 aromatic carbocycles. The zero-order chi connectivity index (χ0) is 37.3. The Labute approximate surface area is 326 Å². The van der Waals surface area contributed by atoms with Crippen molar-refractivity contribution in [3.8, 4) is 0 Å². The van der Waals surface area contributed by atoms with Crippen LogP contribution in [0.1, 0.15) is 0 Å². The molecular weight excluding hydrogens is 683 g/mol. The van der Waals surface area contributed by atoms with Crippen molar-refractivity contribution in [1.29, 1.82) is 0 Å². The topological polar surface area (TPSA) is 22.9 Å². The Morgan fingerprint density at radius 3 is 1.21 bits per heavy atom. The highest BCUT2D eigenvalue weighted by atomic mass is 16.3. The Kier molecular flexibility index (Phi) is 8.47. The Morgan fingerprint density at radius 2 is 0.679 bits per heavy atom. The molecule has 266 valence electrons. The summed E-state index contributed by atoms with van der Waals surface area (Å²) >= 11 is 0. The fourth-order valence-electron chi connectivity index (χ4n) is 7.83. The van der Waals surface area contributed by atoms with E-state index in [0.29, 0.717) is 0 Å². The van der Waals surface area contributed by atoms with E-state index in [1.807, 2.05) is 0 Å². The number of fused-ring (bicyclic) bond motifs is 4. The lowest BCUT2D eigenvalue weighted by molar-refractivity contribution is 0.669. The monoisotopic (exact) mass is 719 g/mol. The smallest absolute Gasteiger partial charge is 0.139 e. The third-order valence-electron chi connectivity index (χ3n) is 10.3. The first-order chi connectivity index (χ1) is 27.8. The summed E-state index contributed by atoms with van der Waals surface area (Å²) in [6, 6.07) is 79.1. The lowest BCUT2D eigenvalue weighted by Crippen LogP contribution is -2.13. The number of para-hydroxylation sites is 5. The van der Waals surface area contributed by atoms with Crippen molar-refractivity contribution in [3.63, 3.8) is 0 Å². The van der Waals surface area contributed by atoms with Gasteiger partial charge in [-0.05, 0) is 102 Å². The van der Waals surface area contributed by atoms with Crippen molar-refractivity contribution in [2.45, 2.75) is 0 Å². The van der Waals surface area contributed by atoms with Gasteiger partial charge in [-0.15, -0.1) is 0 Å². The van der Waals surface area contributed by atoms with Crippen LogP contribution >= 0.6 is 0 Å². The highest BCUT2D eigenvalue weighted by molar-refractivity contribution is 6.15. The van der Waals surface area contributed by atoms with Crippen LogP contribution in [-0.4, -0.2) is 0 Å². The van der Waals surface area contributed by atoms with Crippen molar-refractivity contribution in [1.82, 2.24) is 0 Å². The highest BCUT2D eigenvalue weighted by Gasteiger charge is 2.24. The number of anilines is 9. The van der Waals surface area contributed by atoms with Crippen LogP contribution in [-0.2, 0) is 0 Å². The minimum Gasteiger partial charge on any atom is -0.456 e. The van der Waals surface area contributed by atoms with E-state index in [4.69, 9.17) is 4.42 Å². The number of furan rings is 1. The first-order valence-corrected chi connectivity index (χ1v) is 18.9. The average Bonchev–Trinajstić information content (AvgIpc) is 3.64. The van der Waals surface area contributed by atoms with E-state index in [2.05, 4.69) is 239 Å². The number of benzene rings is 9. The molecule has 0 aliphatic rings. The van der Waals surface area contributed by atoms with E-state index < -0.39 is 0 Å². The van der Waals surface area contributed by atoms with Gasteiger partial charge in [0.05, 0.1) is 16.8 Å². The first kappa shape index (κ1) is 33.0. The highest BCUT2D eigenvalue weighted by Crippen LogP contribution is 2.48. The lowest BCUT2D eigenvalue weighted by Gasteiger charge is -2.30. The molecule has 10 rings (SSSR count). The van der Waals surface area contributed by atoms with Gasteiger partial charge in [0.15, 0.2) is 0 Å². The lowest BCUT2D eigenvalue weighted by atomic mass is 10.0. The van der Waals surface area contributed by atoms with Crippen molar-refractivity contribution in [2.75, 3.05) is 14.7 Å². The minimum atomic E-state index is 0.800. The van der Waals surface area contributed by atoms with Crippen molar-refractivity contribution < 1.29 is 4.42 Å². The predicted octanol–water partition coefficient (Wildman–Crippen LogP) is 15.1. The van der Waals surface area contributed by atoms with Crippen LogP contribution in [0.5, 0.6) is 0 Å². The molecule has 4 heteroatoms. The molecule has 0 spiro atoms. The van der Waals surface area contributed by atoms with Gasteiger partial charge < -0.3 is 19.1 Å². The minimum absolute atomic E-state index is 0.800. The summed E-state index contributed by atoms with van der Waals surface area (Å²) in [6.07, 6.45) is 0. The molecule has 0 N–H and O–H groups in total. The SMILES string of the molecule is c1ccc(N(c2ccccc2)c2ccc3c(c2)oc2cc(N(c4ccccc4)c4ccccc4)cc(N(c4ccccc4)c4ccc5ccccc5c4)c23)cc1. The van der Waals surface area contributed by atoms with Crippen LogP contribution in [0.25, 0.3) is 32.7 Å². The molecule has 0 aliphatic heterocycles. The molecule has 1 aromatic heterocycles. The number of nitrogens with zero attached hydrogens (tertiary/aromatic N) is 3. The average molecular weight is 720 g/mol. The van der Waals surface area contributed by atoms with Crippen LogP contribution < -0.4 is 14.7 Å². The van der Waals surface area contributed by atoms with Gasteiger partial charge in [-0.3, -0.25) is 0 Å². The van der Waals surface area contributed by atoms with Crippen LogP contribution in [0.15, 0.2) is 229 Å². The summed E-state index contributed by atoms with van der Waals surface area (Å²) in [5.41, 5.74) is 11.0. The maximum atomic E-state index is 7.03. The second-order valence-electron chi connectivity index (χ2n) is 13.8. The maximum absolute atomic E-state index is 7.03. The largest absolute Gasteiger partial charge is 0.456 e. The van der Waals surface area contributed by atoms with Gasteiger partial charge in [0, 0.05) is 57.3 Å². The van der Waals surface area contributed by atoms with Gasteiger partial charge in [-0.2, -0.15) is 0 Å². The van der Waals surface area contributed by atoms with E-state index in [1.165, 1.54) is 10.8 Å². The quantitative estimate of drug-likeness (QED) is 0.148. The molecule has 0 aliphatic carbocycles. The van der Waals surface area contributed by atoms with E-state index in [-0.39, 0.29) is 0 Å².